The van der Waals surface area contributed by atoms with Crippen molar-refractivity contribution in [3.63, 3.8) is 0 Å². The summed E-state index contributed by atoms with van der Waals surface area (Å²) in [5.41, 5.74) is 7.01. The first-order chi connectivity index (χ1) is 12.5. The van der Waals surface area contributed by atoms with Gasteiger partial charge in [-0.1, -0.05) is 0 Å². The maximum atomic E-state index is 14.2. The van der Waals surface area contributed by atoms with Crippen LogP contribution in [0.25, 0.3) is 0 Å². The first kappa shape index (κ1) is 17.5. The van der Waals surface area contributed by atoms with E-state index in [0.717, 1.165) is 17.8 Å². The smallest absolute Gasteiger partial charge is 0.257 e. The molecule has 1 heterocycles. The molecule has 0 aliphatic rings. The molecule has 1 amide bonds. The fraction of sp³-hybridized carbons (Fsp3) is 0.0556. The number of amides is 1. The monoisotopic (exact) mass is 367 g/mol. The molecular formula is C18H14FN5OS. The Morgan fingerprint density at radius 1 is 1.35 bits per heavy atom. The molecule has 0 saturated carbocycles. The van der Waals surface area contributed by atoms with Crippen LogP contribution >= 0.6 is 11.8 Å². The number of carbonyl (C=O) groups is 1. The standard InChI is InChI=1S/C18H14FN5OS/c1-24-7-6-22-18(24)26-16-8-13(15(21)9-14(16)19)17(25)23-12-4-2-11(10-20)3-5-12/h2-9H,21H2,1H3,(H,23,25). The Kier molecular flexibility index (Phi) is 4.91. The van der Waals surface area contributed by atoms with E-state index in [-0.39, 0.29) is 16.1 Å². The molecule has 3 rings (SSSR count). The molecule has 130 valence electrons. The number of nitriles is 1. The predicted molar refractivity (Wildman–Crippen MR) is 97.3 cm³/mol. The summed E-state index contributed by atoms with van der Waals surface area (Å²) >= 11 is 1.10. The van der Waals surface area contributed by atoms with E-state index in [1.807, 2.05) is 6.07 Å². The van der Waals surface area contributed by atoms with Gasteiger partial charge in [0.2, 0.25) is 0 Å². The SMILES string of the molecule is Cn1ccnc1Sc1cc(C(=O)Nc2ccc(C#N)cc2)c(N)cc1F. The van der Waals surface area contributed by atoms with Gasteiger partial charge in [-0.3, -0.25) is 4.79 Å². The lowest BCUT2D eigenvalue weighted by Crippen LogP contribution is -2.14. The van der Waals surface area contributed by atoms with Crippen molar-refractivity contribution in [2.75, 3.05) is 11.1 Å². The van der Waals surface area contributed by atoms with Crippen molar-refractivity contribution in [2.45, 2.75) is 10.1 Å². The Bertz CT molecular complexity index is 1010. The molecule has 2 aromatic carbocycles. The molecule has 0 saturated heterocycles. The summed E-state index contributed by atoms with van der Waals surface area (Å²) < 4.78 is 16.0. The molecule has 0 atom stereocenters. The number of nitrogen functional groups attached to an aromatic ring is 1. The van der Waals surface area contributed by atoms with E-state index >= 15 is 0 Å². The largest absolute Gasteiger partial charge is 0.398 e. The third kappa shape index (κ3) is 3.68. The molecule has 3 aromatic rings. The zero-order valence-corrected chi connectivity index (χ0v) is 14.5. The zero-order chi connectivity index (χ0) is 18.7. The number of hydrogen-bond donors (Lipinski definition) is 2. The van der Waals surface area contributed by atoms with E-state index in [0.29, 0.717) is 16.4 Å². The highest BCUT2D eigenvalue weighted by molar-refractivity contribution is 7.99. The van der Waals surface area contributed by atoms with Crippen LogP contribution in [0.1, 0.15) is 15.9 Å². The number of carbonyl (C=O) groups excluding carboxylic acids is 1. The number of nitrogens with one attached hydrogen (secondary N) is 1. The van der Waals surface area contributed by atoms with E-state index in [9.17, 15) is 9.18 Å². The van der Waals surface area contributed by atoms with Gasteiger partial charge in [0.05, 0.1) is 22.1 Å². The Balaban J connectivity index is 1.86. The summed E-state index contributed by atoms with van der Waals surface area (Å²) in [6.07, 6.45) is 3.35. The van der Waals surface area contributed by atoms with Gasteiger partial charge in [-0.15, -0.1) is 0 Å². The lowest BCUT2D eigenvalue weighted by Gasteiger charge is -2.11. The maximum absolute atomic E-state index is 14.2. The summed E-state index contributed by atoms with van der Waals surface area (Å²) in [4.78, 5) is 16.9. The normalized spacial score (nSPS) is 10.3. The van der Waals surface area contributed by atoms with Crippen LogP contribution < -0.4 is 11.1 Å². The van der Waals surface area contributed by atoms with Crippen molar-refractivity contribution >= 4 is 29.0 Å². The van der Waals surface area contributed by atoms with Crippen molar-refractivity contribution in [1.82, 2.24) is 9.55 Å². The first-order valence-corrected chi connectivity index (χ1v) is 8.35. The fourth-order valence-corrected chi connectivity index (χ4v) is 3.07. The van der Waals surface area contributed by atoms with Crippen LogP contribution in [0.15, 0.2) is 58.8 Å². The molecule has 8 heteroatoms. The number of aromatic nitrogens is 2. The predicted octanol–water partition coefficient (Wildman–Crippen LogP) is 3.42. The Hall–Kier alpha value is -3.31. The second kappa shape index (κ2) is 7.29. The molecule has 0 aliphatic heterocycles. The lowest BCUT2D eigenvalue weighted by molar-refractivity contribution is 0.102. The minimum atomic E-state index is -0.523. The Morgan fingerprint density at radius 2 is 2.08 bits per heavy atom. The number of aryl methyl sites for hydroxylation is 1. The van der Waals surface area contributed by atoms with Crippen molar-refractivity contribution in [1.29, 1.82) is 5.26 Å². The first-order valence-electron chi connectivity index (χ1n) is 7.53. The van der Waals surface area contributed by atoms with Gasteiger partial charge in [0, 0.05) is 30.8 Å². The van der Waals surface area contributed by atoms with Crippen LogP contribution in [0.3, 0.4) is 0 Å². The highest BCUT2D eigenvalue weighted by Crippen LogP contribution is 2.31. The summed E-state index contributed by atoms with van der Waals surface area (Å²) in [7, 11) is 1.79. The molecule has 1 aromatic heterocycles. The van der Waals surface area contributed by atoms with Gasteiger partial charge in [-0.05, 0) is 48.2 Å². The van der Waals surface area contributed by atoms with E-state index in [4.69, 9.17) is 11.0 Å². The summed E-state index contributed by atoms with van der Waals surface area (Å²) in [6, 6.07) is 10.9. The number of rotatable bonds is 4. The van der Waals surface area contributed by atoms with Crippen molar-refractivity contribution in [3.8, 4) is 6.07 Å². The van der Waals surface area contributed by atoms with Gasteiger partial charge in [-0.25, -0.2) is 9.37 Å². The van der Waals surface area contributed by atoms with Gasteiger partial charge in [0.15, 0.2) is 5.16 Å². The molecule has 3 N–H and O–H groups in total. The van der Waals surface area contributed by atoms with Crippen LogP contribution in [0, 0.1) is 17.1 Å². The fourth-order valence-electron chi connectivity index (χ4n) is 2.22. The van der Waals surface area contributed by atoms with E-state index in [1.54, 1.807) is 48.3 Å². The van der Waals surface area contributed by atoms with Crippen LogP contribution in [0.5, 0.6) is 0 Å². The third-order valence-electron chi connectivity index (χ3n) is 3.60. The number of nitrogens with zero attached hydrogens (tertiary/aromatic N) is 3. The highest BCUT2D eigenvalue weighted by Gasteiger charge is 2.16. The van der Waals surface area contributed by atoms with E-state index in [1.165, 1.54) is 6.07 Å². The Morgan fingerprint density at radius 3 is 2.69 bits per heavy atom. The average molecular weight is 367 g/mol. The van der Waals surface area contributed by atoms with E-state index in [2.05, 4.69) is 10.3 Å². The van der Waals surface area contributed by atoms with Crippen LogP contribution in [0.2, 0.25) is 0 Å². The van der Waals surface area contributed by atoms with Crippen molar-refractivity contribution in [3.05, 3.63) is 65.7 Å². The second-order valence-corrected chi connectivity index (χ2v) is 6.45. The van der Waals surface area contributed by atoms with Crippen LogP contribution in [0.4, 0.5) is 15.8 Å². The maximum Gasteiger partial charge on any atom is 0.257 e. The van der Waals surface area contributed by atoms with Gasteiger partial charge in [0.1, 0.15) is 5.82 Å². The van der Waals surface area contributed by atoms with Crippen LogP contribution in [-0.2, 0) is 7.05 Å². The summed E-state index contributed by atoms with van der Waals surface area (Å²) in [5.74, 6) is -0.987. The number of halogens is 1. The van der Waals surface area contributed by atoms with Crippen LogP contribution in [-0.4, -0.2) is 15.5 Å². The van der Waals surface area contributed by atoms with Gasteiger partial charge >= 0.3 is 0 Å². The molecule has 0 radical (unpaired) electrons. The minimum Gasteiger partial charge on any atom is -0.398 e. The molecule has 0 unspecified atom stereocenters. The molecule has 6 nitrogen and oxygen atoms in total. The zero-order valence-electron chi connectivity index (χ0n) is 13.7. The van der Waals surface area contributed by atoms with E-state index < -0.39 is 11.7 Å². The number of benzene rings is 2. The lowest BCUT2D eigenvalue weighted by atomic mass is 10.1. The number of anilines is 2. The quantitative estimate of drug-likeness (QED) is 0.689. The average Bonchev–Trinajstić information content (AvgIpc) is 3.02. The summed E-state index contributed by atoms with van der Waals surface area (Å²) in [6.45, 7) is 0. The van der Waals surface area contributed by atoms with Gasteiger partial charge < -0.3 is 15.6 Å². The third-order valence-corrected chi connectivity index (χ3v) is 4.71. The molecule has 0 aliphatic carbocycles. The van der Waals surface area contributed by atoms with Gasteiger partial charge in [-0.2, -0.15) is 5.26 Å². The molecule has 0 fully saturated rings. The second-order valence-electron chi connectivity index (χ2n) is 5.44. The number of imidazole rings is 1. The number of hydrogen-bond acceptors (Lipinski definition) is 5. The number of nitrogens with two attached hydrogens (primary N) is 1. The molecule has 0 spiro atoms. The molecular weight excluding hydrogens is 353 g/mol. The van der Waals surface area contributed by atoms with Gasteiger partial charge in [0.25, 0.3) is 5.91 Å². The van der Waals surface area contributed by atoms with Crippen molar-refractivity contribution < 1.29 is 9.18 Å². The van der Waals surface area contributed by atoms with Crippen molar-refractivity contribution in [2.24, 2.45) is 7.05 Å². The molecule has 26 heavy (non-hydrogen) atoms. The molecule has 0 bridgehead atoms. The Labute approximate surface area is 153 Å². The summed E-state index contributed by atoms with van der Waals surface area (Å²) in [5, 5.41) is 12.1. The topological polar surface area (TPSA) is 96.7 Å². The highest BCUT2D eigenvalue weighted by atomic mass is 32.2. The minimum absolute atomic E-state index is 0.0397.